The van der Waals surface area contributed by atoms with Crippen molar-refractivity contribution in [3.05, 3.63) is 52.0 Å². The van der Waals surface area contributed by atoms with Crippen molar-refractivity contribution in [2.24, 2.45) is 0 Å². The van der Waals surface area contributed by atoms with Gasteiger partial charge in [-0.15, -0.1) is 0 Å². The van der Waals surface area contributed by atoms with E-state index in [1.165, 1.54) is 23.5 Å². The SMILES string of the molecule is Nc1ccc(C(=O)NCC(O)c2ccsc2)c(F)c1. The number of anilines is 1. The molecule has 1 unspecified atom stereocenters. The third kappa shape index (κ3) is 3.30. The number of nitrogens with one attached hydrogen (secondary N) is 1. The zero-order valence-electron chi connectivity index (χ0n) is 9.97. The highest BCUT2D eigenvalue weighted by Gasteiger charge is 2.14. The van der Waals surface area contributed by atoms with Crippen LogP contribution in [0.1, 0.15) is 22.0 Å². The van der Waals surface area contributed by atoms with Gasteiger partial charge in [-0.05, 0) is 40.6 Å². The summed E-state index contributed by atoms with van der Waals surface area (Å²) < 4.78 is 13.5. The van der Waals surface area contributed by atoms with Crippen molar-refractivity contribution in [1.29, 1.82) is 0 Å². The molecule has 4 nitrogen and oxygen atoms in total. The Morgan fingerprint density at radius 2 is 2.26 bits per heavy atom. The predicted molar refractivity (Wildman–Crippen MR) is 72.4 cm³/mol. The first-order valence-electron chi connectivity index (χ1n) is 5.61. The molecule has 0 aliphatic carbocycles. The smallest absolute Gasteiger partial charge is 0.254 e. The molecule has 19 heavy (non-hydrogen) atoms. The third-order valence-corrected chi connectivity index (χ3v) is 3.32. The molecule has 100 valence electrons. The molecule has 1 amide bonds. The summed E-state index contributed by atoms with van der Waals surface area (Å²) in [6, 6.07) is 5.62. The molecule has 0 radical (unpaired) electrons. The van der Waals surface area contributed by atoms with Crippen molar-refractivity contribution in [2.45, 2.75) is 6.10 Å². The molecule has 1 heterocycles. The molecule has 2 aromatic rings. The average molecular weight is 280 g/mol. The van der Waals surface area contributed by atoms with E-state index in [2.05, 4.69) is 5.32 Å². The number of carbonyl (C=O) groups excluding carboxylic acids is 1. The highest BCUT2D eigenvalue weighted by molar-refractivity contribution is 7.07. The van der Waals surface area contributed by atoms with Crippen molar-refractivity contribution in [1.82, 2.24) is 5.32 Å². The van der Waals surface area contributed by atoms with Crippen LogP contribution < -0.4 is 11.1 Å². The van der Waals surface area contributed by atoms with Gasteiger partial charge in [-0.25, -0.2) is 4.39 Å². The van der Waals surface area contributed by atoms with Crippen LogP contribution in [0, 0.1) is 5.82 Å². The maximum atomic E-state index is 13.5. The van der Waals surface area contributed by atoms with Crippen LogP contribution in [0.2, 0.25) is 0 Å². The quantitative estimate of drug-likeness (QED) is 0.749. The topological polar surface area (TPSA) is 75.4 Å². The van der Waals surface area contributed by atoms with Gasteiger partial charge in [0.15, 0.2) is 0 Å². The fourth-order valence-electron chi connectivity index (χ4n) is 1.58. The van der Waals surface area contributed by atoms with Crippen LogP contribution in [-0.4, -0.2) is 17.6 Å². The number of hydrogen-bond donors (Lipinski definition) is 3. The van der Waals surface area contributed by atoms with E-state index in [0.717, 1.165) is 11.6 Å². The van der Waals surface area contributed by atoms with Gasteiger partial charge in [-0.1, -0.05) is 0 Å². The first-order chi connectivity index (χ1) is 9.08. The minimum absolute atomic E-state index is 0.0272. The molecule has 0 fully saturated rings. The van der Waals surface area contributed by atoms with E-state index >= 15 is 0 Å². The Balaban J connectivity index is 1.98. The summed E-state index contributed by atoms with van der Waals surface area (Å²) in [6.07, 6.45) is -0.799. The zero-order valence-corrected chi connectivity index (χ0v) is 10.8. The van der Waals surface area contributed by atoms with E-state index < -0.39 is 17.8 Å². The minimum Gasteiger partial charge on any atom is -0.399 e. The molecule has 0 saturated heterocycles. The summed E-state index contributed by atoms with van der Waals surface area (Å²) in [7, 11) is 0. The molecule has 0 spiro atoms. The summed E-state index contributed by atoms with van der Waals surface area (Å²) >= 11 is 1.46. The fourth-order valence-corrected chi connectivity index (χ4v) is 2.29. The zero-order chi connectivity index (χ0) is 13.8. The van der Waals surface area contributed by atoms with Gasteiger partial charge in [0.05, 0.1) is 11.7 Å². The Morgan fingerprint density at radius 1 is 1.47 bits per heavy atom. The molecular formula is C13H13FN2O2S. The monoisotopic (exact) mass is 280 g/mol. The second-order valence-electron chi connectivity index (χ2n) is 4.02. The number of nitrogen functional groups attached to an aromatic ring is 1. The lowest BCUT2D eigenvalue weighted by Gasteiger charge is -2.11. The van der Waals surface area contributed by atoms with Gasteiger partial charge in [0.25, 0.3) is 5.91 Å². The second-order valence-corrected chi connectivity index (χ2v) is 4.80. The van der Waals surface area contributed by atoms with Crippen molar-refractivity contribution >= 4 is 22.9 Å². The predicted octanol–water partition coefficient (Wildman–Crippen LogP) is 1.93. The van der Waals surface area contributed by atoms with E-state index in [4.69, 9.17) is 5.73 Å². The molecular weight excluding hydrogens is 267 g/mol. The highest BCUT2D eigenvalue weighted by atomic mass is 32.1. The van der Waals surface area contributed by atoms with E-state index in [1.807, 2.05) is 5.38 Å². The lowest BCUT2D eigenvalue weighted by molar-refractivity contribution is 0.0912. The minimum atomic E-state index is -0.799. The molecule has 0 saturated carbocycles. The number of aliphatic hydroxyl groups excluding tert-OH is 1. The third-order valence-electron chi connectivity index (χ3n) is 2.62. The normalized spacial score (nSPS) is 12.1. The molecule has 1 aromatic carbocycles. The second kappa shape index (κ2) is 5.81. The van der Waals surface area contributed by atoms with Crippen molar-refractivity contribution in [3.8, 4) is 0 Å². The largest absolute Gasteiger partial charge is 0.399 e. The number of hydrogen-bond acceptors (Lipinski definition) is 4. The molecule has 0 aliphatic heterocycles. The van der Waals surface area contributed by atoms with Crippen LogP contribution in [0.4, 0.5) is 10.1 Å². The number of aliphatic hydroxyl groups is 1. The number of benzene rings is 1. The fraction of sp³-hybridized carbons (Fsp3) is 0.154. The maximum Gasteiger partial charge on any atom is 0.254 e. The van der Waals surface area contributed by atoms with Gasteiger partial charge in [0.1, 0.15) is 5.82 Å². The Labute approximate surface area is 113 Å². The summed E-state index contributed by atoms with van der Waals surface area (Å²) in [6.45, 7) is 0.0272. The van der Waals surface area contributed by atoms with Crippen LogP contribution >= 0.6 is 11.3 Å². The summed E-state index contributed by atoms with van der Waals surface area (Å²) in [5.74, 6) is -1.26. The molecule has 4 N–H and O–H groups in total. The lowest BCUT2D eigenvalue weighted by atomic mass is 10.1. The first-order valence-corrected chi connectivity index (χ1v) is 6.55. The number of rotatable bonds is 4. The van der Waals surface area contributed by atoms with Crippen molar-refractivity contribution in [2.75, 3.05) is 12.3 Å². The summed E-state index contributed by atoms with van der Waals surface area (Å²) in [5.41, 5.74) is 6.29. The van der Waals surface area contributed by atoms with E-state index in [1.54, 1.807) is 11.4 Å². The summed E-state index contributed by atoms with van der Waals surface area (Å²) in [4.78, 5) is 11.8. The van der Waals surface area contributed by atoms with Crippen LogP contribution in [-0.2, 0) is 0 Å². The maximum absolute atomic E-state index is 13.5. The van der Waals surface area contributed by atoms with Crippen LogP contribution in [0.3, 0.4) is 0 Å². The number of thiophene rings is 1. The van der Waals surface area contributed by atoms with Gasteiger partial charge in [0.2, 0.25) is 0 Å². The van der Waals surface area contributed by atoms with Gasteiger partial charge in [0, 0.05) is 12.2 Å². The first kappa shape index (κ1) is 13.5. The average Bonchev–Trinajstić information content (AvgIpc) is 2.89. The molecule has 1 atom stereocenters. The Morgan fingerprint density at radius 3 is 2.89 bits per heavy atom. The number of nitrogens with two attached hydrogens (primary N) is 1. The molecule has 0 bridgehead atoms. The molecule has 1 aromatic heterocycles. The van der Waals surface area contributed by atoms with Crippen molar-refractivity contribution in [3.63, 3.8) is 0 Å². The van der Waals surface area contributed by atoms with E-state index in [0.29, 0.717) is 0 Å². The van der Waals surface area contributed by atoms with E-state index in [-0.39, 0.29) is 17.8 Å². The van der Waals surface area contributed by atoms with Crippen LogP contribution in [0.5, 0.6) is 0 Å². The van der Waals surface area contributed by atoms with Gasteiger partial charge in [-0.3, -0.25) is 4.79 Å². The highest BCUT2D eigenvalue weighted by Crippen LogP contribution is 2.16. The molecule has 6 heteroatoms. The number of carbonyl (C=O) groups is 1. The Bertz CT molecular complexity index is 572. The number of halogens is 1. The van der Waals surface area contributed by atoms with Gasteiger partial charge < -0.3 is 16.2 Å². The number of amides is 1. The lowest BCUT2D eigenvalue weighted by Crippen LogP contribution is -2.29. The molecule has 2 rings (SSSR count). The van der Waals surface area contributed by atoms with Crippen LogP contribution in [0.25, 0.3) is 0 Å². The summed E-state index contributed by atoms with van der Waals surface area (Å²) in [5, 5.41) is 15.9. The van der Waals surface area contributed by atoms with E-state index in [9.17, 15) is 14.3 Å². The van der Waals surface area contributed by atoms with Crippen LogP contribution in [0.15, 0.2) is 35.0 Å². The Hall–Kier alpha value is -1.92. The van der Waals surface area contributed by atoms with Crippen molar-refractivity contribution < 1.29 is 14.3 Å². The molecule has 0 aliphatic rings. The standard InChI is InChI=1S/C13H13FN2O2S/c14-11-5-9(15)1-2-10(11)13(18)16-6-12(17)8-3-4-19-7-8/h1-5,7,12,17H,6,15H2,(H,16,18). The van der Waals surface area contributed by atoms with Gasteiger partial charge in [-0.2, -0.15) is 11.3 Å². The Kier molecular flexibility index (Phi) is 4.13. The van der Waals surface area contributed by atoms with Gasteiger partial charge >= 0.3 is 0 Å².